The van der Waals surface area contributed by atoms with Crippen LogP contribution in [0.5, 0.6) is 11.5 Å². The minimum atomic E-state index is -0.941. The molecule has 1 atom stereocenters. The summed E-state index contributed by atoms with van der Waals surface area (Å²) in [5.74, 6) is -0.0500. The van der Waals surface area contributed by atoms with Gasteiger partial charge in [0.05, 0.1) is 30.9 Å². The van der Waals surface area contributed by atoms with E-state index in [4.69, 9.17) is 42.5 Å². The summed E-state index contributed by atoms with van der Waals surface area (Å²) < 4.78 is 15.6. The van der Waals surface area contributed by atoms with Gasteiger partial charge < -0.3 is 19.3 Å². The predicted octanol–water partition coefficient (Wildman–Crippen LogP) is 7.15. The number of fused-ring (bicyclic) bond motifs is 1. The fourth-order valence-electron chi connectivity index (χ4n) is 3.57. The smallest absolute Gasteiger partial charge is 0.339 e. The second-order valence-electron chi connectivity index (χ2n) is 7.96. The molecule has 7 nitrogen and oxygen atoms in total. The average Bonchev–Trinajstić information content (AvgIpc) is 3.31. The Kier molecular flexibility index (Phi) is 10.5. The van der Waals surface area contributed by atoms with Crippen molar-refractivity contribution in [3.8, 4) is 11.5 Å². The maximum Gasteiger partial charge on any atom is 0.339 e. The summed E-state index contributed by atoms with van der Waals surface area (Å²) in [4.78, 5) is 32.4. The van der Waals surface area contributed by atoms with Crippen molar-refractivity contribution in [2.24, 2.45) is 0 Å². The van der Waals surface area contributed by atoms with E-state index in [-0.39, 0.29) is 11.5 Å². The number of methoxy groups -OCH3 is 2. The van der Waals surface area contributed by atoms with Crippen molar-refractivity contribution in [2.75, 3.05) is 14.2 Å². The molecule has 1 N–H and O–H groups in total. The minimum Gasteiger partial charge on any atom is -0.497 e. The number of hydrogen-bond acceptors (Lipinski definition) is 6. The quantitative estimate of drug-likeness (QED) is 0.202. The molecule has 0 spiro atoms. The van der Waals surface area contributed by atoms with E-state index < -0.39 is 12.1 Å². The number of halogens is 2. The third-order valence-electron chi connectivity index (χ3n) is 5.49. The van der Waals surface area contributed by atoms with E-state index in [1.165, 1.54) is 19.2 Å². The molecule has 1 aliphatic heterocycles. The maximum atomic E-state index is 11.9. The second kappa shape index (κ2) is 14.0. The van der Waals surface area contributed by atoms with Gasteiger partial charge in [0.1, 0.15) is 17.8 Å². The molecule has 0 aliphatic carbocycles. The first-order valence-corrected chi connectivity index (χ1v) is 12.2. The van der Waals surface area contributed by atoms with Crippen LogP contribution in [0, 0.1) is 0 Å². The van der Waals surface area contributed by atoms with Crippen LogP contribution in [0.15, 0.2) is 91.0 Å². The van der Waals surface area contributed by atoms with Gasteiger partial charge in [0.2, 0.25) is 0 Å². The first-order chi connectivity index (χ1) is 18.8. The Hall–Kier alpha value is -4.33. The Labute approximate surface area is 235 Å². The standard InChI is InChI=1S/C15H11ClO3.C8H8O3.C7H5ClO/c1-18-12-4-2-3-11-13(12)14(19-15(11)17)9-5-7-10(16)8-6-9;1-11-7-4-2-3-6(5-7)8(9)10;8-7-3-1-6(5-9)2-4-7/h2-8,14H,1H3;2-5H,1H3,(H,9,10);1-5H. The number of benzene rings is 4. The molecule has 0 radical (unpaired) electrons. The van der Waals surface area contributed by atoms with Crippen LogP contribution >= 0.6 is 23.2 Å². The third-order valence-corrected chi connectivity index (χ3v) is 5.99. The van der Waals surface area contributed by atoms with Gasteiger partial charge in [-0.05, 0) is 60.2 Å². The van der Waals surface area contributed by atoms with Gasteiger partial charge in [-0.2, -0.15) is 0 Å². The van der Waals surface area contributed by atoms with Crippen LogP contribution in [0.3, 0.4) is 0 Å². The van der Waals surface area contributed by atoms with Crippen LogP contribution in [-0.2, 0) is 4.74 Å². The van der Waals surface area contributed by atoms with E-state index in [1.54, 1.807) is 67.8 Å². The molecular weight excluding hydrogens is 543 g/mol. The molecule has 0 fully saturated rings. The van der Waals surface area contributed by atoms with Crippen molar-refractivity contribution >= 4 is 41.4 Å². The molecule has 0 bridgehead atoms. The molecule has 0 amide bonds. The molecule has 9 heteroatoms. The number of cyclic esters (lactones) is 1. The number of aromatic carboxylic acids is 1. The van der Waals surface area contributed by atoms with Crippen LogP contribution in [0.25, 0.3) is 0 Å². The summed E-state index contributed by atoms with van der Waals surface area (Å²) in [5.41, 5.74) is 3.10. The Bertz CT molecular complexity index is 1430. The zero-order valence-electron chi connectivity index (χ0n) is 21.0. The number of carbonyl (C=O) groups is 3. The molecule has 4 aromatic carbocycles. The predicted molar refractivity (Wildman–Crippen MR) is 148 cm³/mol. The molecular formula is C30H24Cl2O7. The van der Waals surface area contributed by atoms with Crippen molar-refractivity contribution < 1.29 is 33.7 Å². The van der Waals surface area contributed by atoms with Crippen LogP contribution in [0.4, 0.5) is 0 Å². The van der Waals surface area contributed by atoms with Crippen molar-refractivity contribution in [1.82, 2.24) is 0 Å². The SMILES string of the molecule is COc1cccc(C(=O)O)c1.COc1cccc2c1C(c1ccc(Cl)cc1)OC2=O.O=Cc1ccc(Cl)cc1. The highest BCUT2D eigenvalue weighted by molar-refractivity contribution is 6.30. The van der Waals surface area contributed by atoms with Gasteiger partial charge in [-0.3, -0.25) is 4.79 Å². The highest BCUT2D eigenvalue weighted by atomic mass is 35.5. The highest BCUT2D eigenvalue weighted by Gasteiger charge is 2.34. The number of ether oxygens (including phenoxy) is 3. The fourth-order valence-corrected chi connectivity index (χ4v) is 3.82. The normalized spacial score (nSPS) is 12.9. The number of hydrogen-bond donors (Lipinski definition) is 1. The number of carboxylic acid groups (broad SMARTS) is 1. The summed E-state index contributed by atoms with van der Waals surface area (Å²) >= 11 is 11.4. The second-order valence-corrected chi connectivity index (χ2v) is 8.84. The van der Waals surface area contributed by atoms with Gasteiger partial charge >= 0.3 is 11.9 Å². The van der Waals surface area contributed by atoms with Gasteiger partial charge in [-0.15, -0.1) is 0 Å². The minimum absolute atomic E-state index is 0.240. The fraction of sp³-hybridized carbons (Fsp3) is 0.100. The summed E-state index contributed by atoms with van der Waals surface area (Å²) in [7, 11) is 3.08. The number of rotatable bonds is 5. The van der Waals surface area contributed by atoms with Crippen molar-refractivity contribution in [3.05, 3.63) is 129 Å². The molecule has 200 valence electrons. The molecule has 1 unspecified atom stereocenters. The monoisotopic (exact) mass is 566 g/mol. The van der Waals surface area contributed by atoms with Crippen LogP contribution in [0.1, 0.15) is 48.3 Å². The van der Waals surface area contributed by atoms with Gasteiger partial charge in [-0.1, -0.05) is 59.6 Å². The largest absolute Gasteiger partial charge is 0.497 e. The lowest BCUT2D eigenvalue weighted by Crippen LogP contribution is -2.01. The van der Waals surface area contributed by atoms with E-state index in [9.17, 15) is 14.4 Å². The molecule has 1 heterocycles. The Morgan fingerprint density at radius 1 is 0.872 bits per heavy atom. The lowest BCUT2D eigenvalue weighted by molar-refractivity contribution is 0.0453. The Morgan fingerprint density at radius 2 is 1.49 bits per heavy atom. The number of aldehydes is 1. The molecule has 0 aromatic heterocycles. The van der Waals surface area contributed by atoms with E-state index in [0.29, 0.717) is 32.7 Å². The first-order valence-electron chi connectivity index (χ1n) is 11.5. The number of carbonyl (C=O) groups excluding carboxylic acids is 2. The molecule has 4 aromatic rings. The maximum absolute atomic E-state index is 11.9. The zero-order valence-corrected chi connectivity index (χ0v) is 22.5. The van der Waals surface area contributed by atoms with Crippen LogP contribution in [-0.4, -0.2) is 37.6 Å². The molecule has 0 saturated carbocycles. The summed E-state index contributed by atoms with van der Waals surface area (Å²) in [6.07, 6.45) is 0.354. The molecule has 5 rings (SSSR count). The average molecular weight is 567 g/mol. The van der Waals surface area contributed by atoms with Gasteiger partial charge in [0.15, 0.2) is 6.10 Å². The number of esters is 1. The Morgan fingerprint density at radius 3 is 2.05 bits per heavy atom. The molecule has 1 aliphatic rings. The third kappa shape index (κ3) is 7.83. The van der Waals surface area contributed by atoms with Crippen LogP contribution in [0.2, 0.25) is 10.0 Å². The van der Waals surface area contributed by atoms with E-state index in [2.05, 4.69) is 0 Å². The van der Waals surface area contributed by atoms with Crippen molar-refractivity contribution in [2.45, 2.75) is 6.10 Å². The van der Waals surface area contributed by atoms with Crippen molar-refractivity contribution in [3.63, 3.8) is 0 Å². The van der Waals surface area contributed by atoms with Crippen molar-refractivity contribution in [1.29, 1.82) is 0 Å². The van der Waals surface area contributed by atoms with Gasteiger partial charge in [0, 0.05) is 15.6 Å². The summed E-state index contributed by atoms with van der Waals surface area (Å²) in [6, 6.07) is 25.7. The lowest BCUT2D eigenvalue weighted by Gasteiger charge is -2.13. The summed E-state index contributed by atoms with van der Waals surface area (Å²) in [5, 5.41) is 9.85. The lowest BCUT2D eigenvalue weighted by atomic mass is 9.98. The Balaban J connectivity index is 0.000000179. The number of carboxylic acids is 1. The molecule has 0 saturated heterocycles. The highest BCUT2D eigenvalue weighted by Crippen LogP contribution is 2.41. The topological polar surface area (TPSA) is 99.1 Å². The van der Waals surface area contributed by atoms with Gasteiger partial charge in [0.25, 0.3) is 0 Å². The van der Waals surface area contributed by atoms with E-state index >= 15 is 0 Å². The first kappa shape index (κ1) is 29.2. The molecule has 39 heavy (non-hydrogen) atoms. The van der Waals surface area contributed by atoms with Gasteiger partial charge in [-0.25, -0.2) is 9.59 Å². The summed E-state index contributed by atoms with van der Waals surface area (Å²) in [6.45, 7) is 0. The van der Waals surface area contributed by atoms with E-state index in [1.807, 2.05) is 18.2 Å². The van der Waals surface area contributed by atoms with E-state index in [0.717, 1.165) is 17.4 Å². The van der Waals surface area contributed by atoms with Crippen LogP contribution < -0.4 is 9.47 Å². The zero-order chi connectivity index (χ0) is 28.4.